The van der Waals surface area contributed by atoms with E-state index in [1.807, 2.05) is 13.8 Å². The van der Waals surface area contributed by atoms with Gasteiger partial charge in [-0.25, -0.2) is 0 Å². The van der Waals surface area contributed by atoms with Crippen LogP contribution >= 0.6 is 0 Å². The van der Waals surface area contributed by atoms with E-state index < -0.39 is 6.10 Å². The van der Waals surface area contributed by atoms with Crippen LogP contribution < -0.4 is 5.32 Å². The number of furan rings is 1. The lowest BCUT2D eigenvalue weighted by molar-refractivity contribution is -0.133. The van der Waals surface area contributed by atoms with Crippen molar-refractivity contribution >= 4 is 11.8 Å². The number of amides is 2. The summed E-state index contributed by atoms with van der Waals surface area (Å²) in [7, 11) is 0. The van der Waals surface area contributed by atoms with Crippen LogP contribution in [-0.4, -0.2) is 47.1 Å². The maximum absolute atomic E-state index is 12.1. The molecule has 1 aromatic rings. The van der Waals surface area contributed by atoms with Gasteiger partial charge in [0.2, 0.25) is 5.91 Å². The highest BCUT2D eigenvalue weighted by Gasteiger charge is 2.20. The Morgan fingerprint density at radius 1 is 1.33 bits per heavy atom. The molecule has 0 aliphatic carbocycles. The van der Waals surface area contributed by atoms with Crippen LogP contribution in [0.4, 0.5) is 0 Å². The minimum Gasteiger partial charge on any atom is -0.466 e. The van der Waals surface area contributed by atoms with E-state index in [0.29, 0.717) is 17.1 Å². The molecule has 0 aromatic carbocycles. The Bertz CT molecular complexity index is 506. The van der Waals surface area contributed by atoms with E-state index >= 15 is 0 Å². The Labute approximate surface area is 125 Å². The molecule has 0 bridgehead atoms. The average Bonchev–Trinajstić information content (AvgIpc) is 2.71. The van der Waals surface area contributed by atoms with Gasteiger partial charge in [0.25, 0.3) is 5.91 Å². The second-order valence-corrected chi connectivity index (χ2v) is 5.50. The third-order valence-electron chi connectivity index (χ3n) is 3.09. The molecule has 1 rings (SSSR count). The molecule has 0 radical (unpaired) electrons. The van der Waals surface area contributed by atoms with Gasteiger partial charge >= 0.3 is 0 Å². The predicted molar refractivity (Wildman–Crippen MR) is 79.0 cm³/mol. The number of nitrogens with one attached hydrogen (secondary N) is 1. The maximum Gasteiger partial charge on any atom is 0.255 e. The van der Waals surface area contributed by atoms with Gasteiger partial charge in [-0.15, -0.1) is 0 Å². The van der Waals surface area contributed by atoms with E-state index in [1.165, 1.54) is 0 Å². The van der Waals surface area contributed by atoms with Crippen LogP contribution in [0, 0.1) is 13.8 Å². The highest BCUT2D eigenvalue weighted by Crippen LogP contribution is 2.13. The Morgan fingerprint density at radius 2 is 1.95 bits per heavy atom. The van der Waals surface area contributed by atoms with Crippen LogP contribution in [-0.2, 0) is 4.79 Å². The summed E-state index contributed by atoms with van der Waals surface area (Å²) in [6, 6.07) is 1.60. The second kappa shape index (κ2) is 7.26. The van der Waals surface area contributed by atoms with Crippen LogP contribution in [0.5, 0.6) is 0 Å². The van der Waals surface area contributed by atoms with Crippen LogP contribution in [0.2, 0.25) is 0 Å². The first kappa shape index (κ1) is 17.2. The number of aliphatic hydroxyl groups is 1. The van der Waals surface area contributed by atoms with E-state index in [4.69, 9.17) is 4.42 Å². The molecule has 1 atom stereocenters. The molecule has 0 saturated carbocycles. The zero-order chi connectivity index (χ0) is 16.2. The number of hydrogen-bond acceptors (Lipinski definition) is 4. The lowest BCUT2D eigenvalue weighted by Crippen LogP contribution is -2.46. The summed E-state index contributed by atoms with van der Waals surface area (Å²) in [5.41, 5.74) is 0.437. The highest BCUT2D eigenvalue weighted by atomic mass is 16.3. The molecule has 2 amide bonds. The van der Waals surface area contributed by atoms with Gasteiger partial charge in [-0.1, -0.05) is 0 Å². The molecule has 0 spiro atoms. The molecule has 6 heteroatoms. The number of carbonyl (C=O) groups excluding carboxylic acids is 2. The molecule has 1 heterocycles. The maximum atomic E-state index is 12.1. The third-order valence-corrected chi connectivity index (χ3v) is 3.09. The summed E-state index contributed by atoms with van der Waals surface area (Å²) in [4.78, 5) is 25.7. The topological polar surface area (TPSA) is 82.8 Å². The van der Waals surface area contributed by atoms with Crippen LogP contribution in [0.3, 0.4) is 0 Å². The summed E-state index contributed by atoms with van der Waals surface area (Å²) in [6.45, 7) is 8.97. The number of aliphatic hydroxyl groups excluding tert-OH is 1. The lowest BCUT2D eigenvalue weighted by Gasteiger charge is -2.28. The molecule has 0 aliphatic rings. The second-order valence-electron chi connectivity index (χ2n) is 5.50. The number of rotatable bonds is 6. The van der Waals surface area contributed by atoms with Gasteiger partial charge in [-0.05, 0) is 40.7 Å². The van der Waals surface area contributed by atoms with Crippen LogP contribution in [0.25, 0.3) is 0 Å². The monoisotopic (exact) mass is 296 g/mol. The van der Waals surface area contributed by atoms with Gasteiger partial charge in [0, 0.05) is 12.6 Å². The molecule has 1 aromatic heterocycles. The van der Waals surface area contributed by atoms with Crippen molar-refractivity contribution < 1.29 is 19.1 Å². The first-order valence-electron chi connectivity index (χ1n) is 7.05. The minimum absolute atomic E-state index is 0.0399. The molecule has 118 valence electrons. The highest BCUT2D eigenvalue weighted by molar-refractivity contribution is 5.97. The van der Waals surface area contributed by atoms with Crippen molar-refractivity contribution in [1.82, 2.24) is 10.2 Å². The van der Waals surface area contributed by atoms with Gasteiger partial charge in [0.1, 0.15) is 11.5 Å². The number of hydrogen-bond donors (Lipinski definition) is 2. The minimum atomic E-state index is -0.606. The molecular weight excluding hydrogens is 272 g/mol. The number of nitrogens with zero attached hydrogens (tertiary/aromatic N) is 1. The van der Waals surface area contributed by atoms with E-state index in [-0.39, 0.29) is 30.9 Å². The van der Waals surface area contributed by atoms with E-state index in [1.54, 1.807) is 31.7 Å². The van der Waals surface area contributed by atoms with Crippen LogP contribution in [0.1, 0.15) is 42.6 Å². The quantitative estimate of drug-likeness (QED) is 0.827. The van der Waals surface area contributed by atoms with Crippen molar-refractivity contribution in [1.29, 1.82) is 0 Å². The van der Waals surface area contributed by atoms with Gasteiger partial charge in [-0.3, -0.25) is 9.59 Å². The van der Waals surface area contributed by atoms with Crippen molar-refractivity contribution in [3.8, 4) is 0 Å². The Kier molecular flexibility index (Phi) is 5.96. The first-order chi connectivity index (χ1) is 9.72. The summed E-state index contributed by atoms with van der Waals surface area (Å²) >= 11 is 0. The molecule has 0 fully saturated rings. The Balaban J connectivity index is 2.62. The fourth-order valence-corrected chi connectivity index (χ4v) is 2.09. The van der Waals surface area contributed by atoms with Gasteiger partial charge < -0.3 is 19.7 Å². The summed E-state index contributed by atoms with van der Waals surface area (Å²) in [5, 5.41) is 12.0. The molecule has 0 saturated heterocycles. The predicted octanol–water partition coefficient (Wildman–Crippen LogP) is 1.24. The van der Waals surface area contributed by atoms with Crippen molar-refractivity contribution in [3.63, 3.8) is 0 Å². The zero-order valence-electron chi connectivity index (χ0n) is 13.3. The number of carbonyl (C=O) groups is 2. The van der Waals surface area contributed by atoms with E-state index in [9.17, 15) is 14.7 Å². The standard InChI is InChI=1S/C15H24N2O4/c1-9(2)17(8-10(3)18)14(19)7-16-15(20)13-6-11(4)21-12(13)5/h6,9-10,18H,7-8H2,1-5H3,(H,16,20). The van der Waals surface area contributed by atoms with Crippen LogP contribution in [0.15, 0.2) is 10.5 Å². The normalized spacial score (nSPS) is 12.3. The molecule has 6 nitrogen and oxygen atoms in total. The Hall–Kier alpha value is -1.82. The fourth-order valence-electron chi connectivity index (χ4n) is 2.09. The fraction of sp³-hybridized carbons (Fsp3) is 0.600. The smallest absolute Gasteiger partial charge is 0.255 e. The largest absolute Gasteiger partial charge is 0.466 e. The molecule has 21 heavy (non-hydrogen) atoms. The van der Waals surface area contributed by atoms with Crippen molar-refractivity contribution in [3.05, 3.63) is 23.2 Å². The van der Waals surface area contributed by atoms with Crippen molar-refractivity contribution in [2.75, 3.05) is 13.1 Å². The SMILES string of the molecule is Cc1cc(C(=O)NCC(=O)N(CC(C)O)C(C)C)c(C)o1. The third kappa shape index (κ3) is 4.90. The summed E-state index contributed by atoms with van der Waals surface area (Å²) < 4.78 is 5.29. The molecule has 0 aliphatic heterocycles. The van der Waals surface area contributed by atoms with Gasteiger partial charge in [0.15, 0.2) is 0 Å². The molecular formula is C15H24N2O4. The van der Waals surface area contributed by atoms with Crippen molar-refractivity contribution in [2.24, 2.45) is 0 Å². The zero-order valence-corrected chi connectivity index (χ0v) is 13.3. The molecule has 1 unspecified atom stereocenters. The number of aryl methyl sites for hydroxylation is 2. The molecule has 2 N–H and O–H groups in total. The van der Waals surface area contributed by atoms with Crippen molar-refractivity contribution in [2.45, 2.75) is 46.8 Å². The van der Waals surface area contributed by atoms with E-state index in [2.05, 4.69) is 5.32 Å². The average molecular weight is 296 g/mol. The summed E-state index contributed by atoms with van der Waals surface area (Å²) in [5.74, 6) is 0.625. The van der Waals surface area contributed by atoms with Gasteiger partial charge in [0.05, 0.1) is 18.2 Å². The van der Waals surface area contributed by atoms with E-state index in [0.717, 1.165) is 0 Å². The Morgan fingerprint density at radius 3 is 2.38 bits per heavy atom. The summed E-state index contributed by atoms with van der Waals surface area (Å²) in [6.07, 6.45) is -0.606. The first-order valence-corrected chi connectivity index (χ1v) is 7.05. The van der Waals surface area contributed by atoms with Gasteiger partial charge in [-0.2, -0.15) is 0 Å². The lowest BCUT2D eigenvalue weighted by atomic mass is 10.2.